The number of rotatable bonds is 3. The number of aromatic carboxylic acids is 1. The molecule has 0 saturated heterocycles. The van der Waals surface area contributed by atoms with Crippen molar-refractivity contribution in [3.8, 4) is 0 Å². The maximum Gasteiger partial charge on any atom is 0.356 e. The lowest BCUT2D eigenvalue weighted by molar-refractivity contribution is -0.116. The zero-order chi connectivity index (χ0) is 11.7. The van der Waals surface area contributed by atoms with E-state index in [1.54, 1.807) is 28.8 Å². The van der Waals surface area contributed by atoms with Gasteiger partial charge in [0.05, 0.1) is 11.9 Å². The highest BCUT2D eigenvalue weighted by Crippen LogP contribution is 2.13. The minimum Gasteiger partial charge on any atom is -0.476 e. The molecule has 16 heavy (non-hydrogen) atoms. The van der Waals surface area contributed by atoms with Crippen LogP contribution in [-0.2, 0) is 11.2 Å². The molecule has 0 unspecified atom stereocenters. The SMILES string of the molecule is CC(=O)Cc1nc(C(=O)O)c2ccccn12. The molecule has 0 aromatic carbocycles. The molecule has 1 N–H and O–H groups in total. The number of hydrogen-bond acceptors (Lipinski definition) is 3. The van der Waals surface area contributed by atoms with E-state index >= 15 is 0 Å². The molecule has 0 aliphatic carbocycles. The van der Waals surface area contributed by atoms with Gasteiger partial charge in [0.2, 0.25) is 0 Å². The molecule has 0 atom stereocenters. The molecule has 2 rings (SSSR count). The van der Waals surface area contributed by atoms with Crippen LogP contribution in [0.3, 0.4) is 0 Å². The number of ketones is 1. The molecular formula is C11H10N2O3. The maximum absolute atomic E-state index is 11.0. The summed E-state index contributed by atoms with van der Waals surface area (Å²) < 4.78 is 1.63. The predicted molar refractivity (Wildman–Crippen MR) is 56.5 cm³/mol. The van der Waals surface area contributed by atoms with Gasteiger partial charge in [-0.05, 0) is 19.1 Å². The van der Waals surface area contributed by atoms with Crippen LogP contribution in [0.4, 0.5) is 0 Å². The Kier molecular flexibility index (Phi) is 2.44. The Bertz CT molecular complexity index is 572. The number of carboxylic acids is 1. The fourth-order valence-electron chi connectivity index (χ4n) is 1.61. The van der Waals surface area contributed by atoms with E-state index < -0.39 is 5.97 Å². The molecule has 0 aliphatic rings. The number of Topliss-reactive ketones (excluding diaryl/α,β-unsaturated/α-hetero) is 1. The summed E-state index contributed by atoms with van der Waals surface area (Å²) >= 11 is 0. The number of fused-ring (bicyclic) bond motifs is 1. The van der Waals surface area contributed by atoms with Gasteiger partial charge in [-0.1, -0.05) is 6.07 Å². The second kappa shape index (κ2) is 3.77. The first kappa shape index (κ1) is 10.4. The van der Waals surface area contributed by atoms with Crippen molar-refractivity contribution in [1.82, 2.24) is 9.38 Å². The van der Waals surface area contributed by atoms with Crippen LogP contribution in [0.25, 0.3) is 5.52 Å². The Labute approximate surface area is 91.3 Å². The first-order valence-electron chi connectivity index (χ1n) is 4.78. The summed E-state index contributed by atoms with van der Waals surface area (Å²) in [4.78, 5) is 26.0. The van der Waals surface area contributed by atoms with Gasteiger partial charge < -0.3 is 9.51 Å². The normalized spacial score (nSPS) is 10.6. The molecule has 5 heteroatoms. The molecule has 0 bridgehead atoms. The van der Waals surface area contributed by atoms with Gasteiger partial charge in [0.1, 0.15) is 11.6 Å². The second-order valence-electron chi connectivity index (χ2n) is 3.52. The second-order valence-corrected chi connectivity index (χ2v) is 3.52. The molecule has 0 amide bonds. The summed E-state index contributed by atoms with van der Waals surface area (Å²) in [5.41, 5.74) is 0.489. The van der Waals surface area contributed by atoms with Crippen molar-refractivity contribution in [2.24, 2.45) is 0 Å². The van der Waals surface area contributed by atoms with Crippen LogP contribution in [0.1, 0.15) is 23.2 Å². The summed E-state index contributed by atoms with van der Waals surface area (Å²) in [7, 11) is 0. The summed E-state index contributed by atoms with van der Waals surface area (Å²) in [5.74, 6) is -0.674. The van der Waals surface area contributed by atoms with E-state index in [1.165, 1.54) is 6.92 Å². The van der Waals surface area contributed by atoms with E-state index in [9.17, 15) is 9.59 Å². The number of pyridine rings is 1. The van der Waals surface area contributed by atoms with Crippen molar-refractivity contribution in [1.29, 1.82) is 0 Å². The van der Waals surface area contributed by atoms with Crippen molar-refractivity contribution >= 4 is 17.3 Å². The van der Waals surface area contributed by atoms with Crippen LogP contribution < -0.4 is 0 Å². The fourth-order valence-corrected chi connectivity index (χ4v) is 1.61. The van der Waals surface area contributed by atoms with Crippen molar-refractivity contribution in [3.05, 3.63) is 35.9 Å². The monoisotopic (exact) mass is 218 g/mol. The first-order valence-corrected chi connectivity index (χ1v) is 4.78. The van der Waals surface area contributed by atoms with Gasteiger partial charge >= 0.3 is 5.97 Å². The van der Waals surface area contributed by atoms with Gasteiger partial charge in [0.15, 0.2) is 5.69 Å². The van der Waals surface area contributed by atoms with E-state index in [0.717, 1.165) is 0 Å². The lowest BCUT2D eigenvalue weighted by Gasteiger charge is -1.97. The molecule has 0 aliphatic heterocycles. The van der Waals surface area contributed by atoms with Crippen LogP contribution in [0.2, 0.25) is 0 Å². The third-order valence-electron chi connectivity index (χ3n) is 2.23. The Morgan fingerprint density at radius 2 is 2.19 bits per heavy atom. The molecule has 0 fully saturated rings. The Hall–Kier alpha value is -2.17. The lowest BCUT2D eigenvalue weighted by Crippen LogP contribution is -2.02. The molecule has 2 aromatic rings. The highest BCUT2D eigenvalue weighted by molar-refractivity contribution is 5.94. The minimum absolute atomic E-state index is 0.0168. The number of hydrogen-bond donors (Lipinski definition) is 1. The molecule has 82 valence electrons. The van der Waals surface area contributed by atoms with E-state index in [2.05, 4.69) is 4.98 Å². The van der Waals surface area contributed by atoms with Gasteiger partial charge in [-0.2, -0.15) is 0 Å². The molecule has 2 aromatic heterocycles. The average Bonchev–Trinajstić information content (AvgIpc) is 2.57. The number of aromatic nitrogens is 2. The molecular weight excluding hydrogens is 208 g/mol. The van der Waals surface area contributed by atoms with E-state index in [-0.39, 0.29) is 17.9 Å². The molecule has 0 spiro atoms. The van der Waals surface area contributed by atoms with Gasteiger partial charge in [-0.3, -0.25) is 4.79 Å². The van der Waals surface area contributed by atoms with Gasteiger partial charge in [0.25, 0.3) is 0 Å². The number of imidazole rings is 1. The van der Waals surface area contributed by atoms with Crippen molar-refractivity contribution in [2.75, 3.05) is 0 Å². The van der Waals surface area contributed by atoms with Crippen LogP contribution in [-0.4, -0.2) is 26.2 Å². The zero-order valence-corrected chi connectivity index (χ0v) is 8.67. The predicted octanol–water partition coefficient (Wildman–Crippen LogP) is 1.16. The number of carbonyl (C=O) groups is 2. The molecule has 5 nitrogen and oxygen atoms in total. The van der Waals surface area contributed by atoms with Crippen LogP contribution in [0, 0.1) is 0 Å². The van der Waals surface area contributed by atoms with Crippen LogP contribution in [0.5, 0.6) is 0 Å². The molecule has 0 saturated carbocycles. The fraction of sp³-hybridized carbons (Fsp3) is 0.182. The highest BCUT2D eigenvalue weighted by atomic mass is 16.4. The topological polar surface area (TPSA) is 71.7 Å². The van der Waals surface area contributed by atoms with Gasteiger partial charge in [-0.15, -0.1) is 0 Å². The highest BCUT2D eigenvalue weighted by Gasteiger charge is 2.16. The quantitative estimate of drug-likeness (QED) is 0.839. The first-order chi connectivity index (χ1) is 7.59. The Morgan fingerprint density at radius 3 is 2.81 bits per heavy atom. The van der Waals surface area contributed by atoms with Crippen LogP contribution in [0.15, 0.2) is 24.4 Å². The number of nitrogens with zero attached hydrogens (tertiary/aromatic N) is 2. The summed E-state index contributed by atoms with van der Waals surface area (Å²) in [6, 6.07) is 5.17. The van der Waals surface area contributed by atoms with Gasteiger partial charge in [0, 0.05) is 6.20 Å². The van der Waals surface area contributed by atoms with Crippen molar-refractivity contribution < 1.29 is 14.7 Å². The summed E-state index contributed by atoms with van der Waals surface area (Å²) in [6.45, 7) is 1.45. The van der Waals surface area contributed by atoms with Gasteiger partial charge in [-0.25, -0.2) is 9.78 Å². The van der Waals surface area contributed by atoms with Crippen molar-refractivity contribution in [2.45, 2.75) is 13.3 Å². The van der Waals surface area contributed by atoms with Crippen LogP contribution >= 0.6 is 0 Å². The summed E-state index contributed by atoms with van der Waals surface area (Å²) in [6.07, 6.45) is 1.84. The largest absolute Gasteiger partial charge is 0.476 e. The third-order valence-corrected chi connectivity index (χ3v) is 2.23. The standard InChI is InChI=1S/C11H10N2O3/c1-7(14)6-9-12-10(11(15)16)8-4-2-3-5-13(8)9/h2-5H,6H2,1H3,(H,15,16). The lowest BCUT2D eigenvalue weighted by atomic mass is 10.3. The smallest absolute Gasteiger partial charge is 0.356 e. The number of carboxylic acid groups (broad SMARTS) is 1. The van der Waals surface area contributed by atoms with E-state index in [4.69, 9.17) is 5.11 Å². The Balaban J connectivity index is 2.66. The van der Waals surface area contributed by atoms with E-state index in [1.807, 2.05) is 0 Å². The number of carbonyl (C=O) groups excluding carboxylic acids is 1. The molecule has 0 radical (unpaired) electrons. The minimum atomic E-state index is -1.08. The summed E-state index contributed by atoms with van der Waals surface area (Å²) in [5, 5.41) is 8.97. The average molecular weight is 218 g/mol. The molecule has 2 heterocycles. The van der Waals surface area contributed by atoms with Crippen molar-refractivity contribution in [3.63, 3.8) is 0 Å². The Morgan fingerprint density at radius 1 is 1.44 bits per heavy atom. The van der Waals surface area contributed by atoms with E-state index in [0.29, 0.717) is 11.3 Å². The maximum atomic E-state index is 11.0. The zero-order valence-electron chi connectivity index (χ0n) is 8.67. The third kappa shape index (κ3) is 1.67.